The second kappa shape index (κ2) is 12.7. The molecule has 3 aromatic carbocycles. The summed E-state index contributed by atoms with van der Waals surface area (Å²) in [4.78, 5) is 28.3. The van der Waals surface area contributed by atoms with Crippen molar-refractivity contribution in [3.05, 3.63) is 89.2 Å². The second-order valence-electron chi connectivity index (χ2n) is 10.2. The van der Waals surface area contributed by atoms with Gasteiger partial charge in [0.05, 0.1) is 22.7 Å². The number of sulfonamides is 1. The Kier molecular flexibility index (Phi) is 9.81. The highest BCUT2D eigenvalue weighted by atomic mass is 35.5. The number of hydrogen-bond donors (Lipinski definition) is 1. The van der Waals surface area contributed by atoms with Crippen LogP contribution < -0.4 is 14.4 Å². The molecule has 8 nitrogen and oxygen atoms in total. The Morgan fingerprint density at radius 1 is 1.02 bits per heavy atom. The molecule has 3 rings (SSSR count). The standard InChI is InChI=1S/C29H33ClFN3O5S/c1-20(28(36)32-29(2,3)4)33(18-21-11-14-23(39-5)15-12-21)27(35)19-34(22-13-16-26(31)25(30)17-22)40(37,38)24-9-7-6-8-10-24/h6-17,20H,18-19H2,1-5H3,(H,32,36)/t20-/m1/s1. The molecule has 214 valence electrons. The molecule has 2 amide bonds. The highest BCUT2D eigenvalue weighted by Gasteiger charge is 2.33. The van der Waals surface area contributed by atoms with E-state index in [2.05, 4.69) is 5.32 Å². The van der Waals surface area contributed by atoms with Crippen LogP contribution in [0, 0.1) is 5.82 Å². The molecular weight excluding hydrogens is 557 g/mol. The third-order valence-corrected chi connectivity index (χ3v) is 8.06. The molecule has 0 fully saturated rings. The van der Waals surface area contributed by atoms with Gasteiger partial charge in [-0.1, -0.05) is 41.9 Å². The lowest BCUT2D eigenvalue weighted by molar-refractivity contribution is -0.140. The van der Waals surface area contributed by atoms with E-state index in [1.807, 2.05) is 20.8 Å². The second-order valence-corrected chi connectivity index (χ2v) is 12.5. The molecule has 0 aliphatic rings. The number of hydrogen-bond acceptors (Lipinski definition) is 5. The van der Waals surface area contributed by atoms with Crippen LogP contribution in [0.3, 0.4) is 0 Å². The van der Waals surface area contributed by atoms with Gasteiger partial charge in [0.2, 0.25) is 11.8 Å². The van der Waals surface area contributed by atoms with Crippen LogP contribution >= 0.6 is 11.6 Å². The first-order valence-electron chi connectivity index (χ1n) is 12.5. The van der Waals surface area contributed by atoms with Crippen molar-refractivity contribution in [2.75, 3.05) is 18.0 Å². The Hall–Kier alpha value is -3.63. The summed E-state index contributed by atoms with van der Waals surface area (Å²) in [6, 6.07) is 17.0. The number of rotatable bonds is 10. The topological polar surface area (TPSA) is 96.0 Å². The largest absolute Gasteiger partial charge is 0.497 e. The summed E-state index contributed by atoms with van der Waals surface area (Å²) >= 11 is 5.98. The van der Waals surface area contributed by atoms with E-state index in [-0.39, 0.29) is 22.2 Å². The van der Waals surface area contributed by atoms with Crippen LogP contribution in [0.2, 0.25) is 5.02 Å². The Morgan fingerprint density at radius 2 is 1.65 bits per heavy atom. The Balaban J connectivity index is 2.04. The maximum atomic E-state index is 14.0. The zero-order valence-electron chi connectivity index (χ0n) is 23.0. The van der Waals surface area contributed by atoms with Crippen molar-refractivity contribution in [3.63, 3.8) is 0 Å². The van der Waals surface area contributed by atoms with Crippen molar-refractivity contribution in [1.82, 2.24) is 10.2 Å². The van der Waals surface area contributed by atoms with Gasteiger partial charge in [0, 0.05) is 12.1 Å². The quantitative estimate of drug-likeness (QED) is 0.358. The summed E-state index contributed by atoms with van der Waals surface area (Å²) in [7, 11) is -2.75. The van der Waals surface area contributed by atoms with Gasteiger partial charge in [-0.2, -0.15) is 0 Å². The molecule has 0 heterocycles. The number of halogens is 2. The summed E-state index contributed by atoms with van der Waals surface area (Å²) in [5.74, 6) is -1.17. The fraction of sp³-hybridized carbons (Fsp3) is 0.310. The van der Waals surface area contributed by atoms with E-state index in [4.69, 9.17) is 16.3 Å². The molecule has 0 saturated heterocycles. The van der Waals surface area contributed by atoms with Gasteiger partial charge in [0.25, 0.3) is 10.0 Å². The van der Waals surface area contributed by atoms with E-state index < -0.39 is 45.8 Å². The molecule has 0 unspecified atom stereocenters. The number of nitrogens with one attached hydrogen (secondary N) is 1. The summed E-state index contributed by atoms with van der Waals surface area (Å²) in [6.45, 7) is 6.39. The predicted molar refractivity (Wildman–Crippen MR) is 153 cm³/mol. The fourth-order valence-electron chi connectivity index (χ4n) is 3.87. The lowest BCUT2D eigenvalue weighted by atomic mass is 10.1. The molecular formula is C29H33ClFN3O5S. The number of amides is 2. The van der Waals surface area contributed by atoms with E-state index in [9.17, 15) is 22.4 Å². The molecule has 0 aliphatic heterocycles. The zero-order valence-corrected chi connectivity index (χ0v) is 24.6. The molecule has 0 aliphatic carbocycles. The lowest BCUT2D eigenvalue weighted by Gasteiger charge is -2.33. The minimum Gasteiger partial charge on any atom is -0.497 e. The normalized spacial score (nSPS) is 12.4. The van der Waals surface area contributed by atoms with Crippen LogP contribution in [0.15, 0.2) is 77.7 Å². The minimum atomic E-state index is -4.28. The molecule has 1 atom stereocenters. The van der Waals surface area contributed by atoms with Crippen LogP contribution in [0.25, 0.3) is 0 Å². The first kappa shape index (κ1) is 30.9. The first-order chi connectivity index (χ1) is 18.7. The zero-order chi connectivity index (χ0) is 29.7. The molecule has 0 aromatic heterocycles. The van der Waals surface area contributed by atoms with Crippen LogP contribution in [-0.4, -0.2) is 50.4 Å². The number of anilines is 1. The number of carbonyl (C=O) groups is 2. The monoisotopic (exact) mass is 589 g/mol. The van der Waals surface area contributed by atoms with Crippen molar-refractivity contribution >= 4 is 39.1 Å². The van der Waals surface area contributed by atoms with Crippen molar-refractivity contribution in [2.24, 2.45) is 0 Å². The molecule has 0 saturated carbocycles. The number of nitrogens with zero attached hydrogens (tertiary/aromatic N) is 2. The molecule has 0 spiro atoms. The van der Waals surface area contributed by atoms with Gasteiger partial charge >= 0.3 is 0 Å². The van der Waals surface area contributed by atoms with Gasteiger partial charge in [-0.05, 0) is 75.7 Å². The highest BCUT2D eigenvalue weighted by Crippen LogP contribution is 2.28. The van der Waals surface area contributed by atoms with Crippen LogP contribution in [-0.2, 0) is 26.2 Å². The van der Waals surface area contributed by atoms with Crippen molar-refractivity contribution in [2.45, 2.75) is 50.7 Å². The maximum Gasteiger partial charge on any atom is 0.264 e. The average molecular weight is 590 g/mol. The van der Waals surface area contributed by atoms with E-state index in [0.29, 0.717) is 11.3 Å². The van der Waals surface area contributed by atoms with E-state index in [1.54, 1.807) is 49.4 Å². The van der Waals surface area contributed by atoms with Crippen LogP contribution in [0.1, 0.15) is 33.3 Å². The maximum absolute atomic E-state index is 14.0. The van der Waals surface area contributed by atoms with Crippen LogP contribution in [0.5, 0.6) is 5.75 Å². The van der Waals surface area contributed by atoms with E-state index in [0.717, 1.165) is 16.4 Å². The van der Waals surface area contributed by atoms with Gasteiger partial charge < -0.3 is 15.0 Å². The Bertz CT molecular complexity index is 1440. The summed E-state index contributed by atoms with van der Waals surface area (Å²) < 4.78 is 47.5. The number of ether oxygens (including phenoxy) is 1. The van der Waals surface area contributed by atoms with Crippen molar-refractivity contribution < 1.29 is 27.1 Å². The summed E-state index contributed by atoms with van der Waals surface area (Å²) in [5.41, 5.74) is 0.139. The smallest absolute Gasteiger partial charge is 0.264 e. The van der Waals surface area contributed by atoms with Gasteiger partial charge in [-0.15, -0.1) is 0 Å². The summed E-state index contributed by atoms with van der Waals surface area (Å²) in [5, 5.41) is 2.57. The van der Waals surface area contributed by atoms with Crippen molar-refractivity contribution in [3.8, 4) is 5.75 Å². The number of carbonyl (C=O) groups excluding carboxylic acids is 2. The number of benzene rings is 3. The lowest BCUT2D eigenvalue weighted by Crippen LogP contribution is -2.54. The Labute approximate surface area is 239 Å². The van der Waals surface area contributed by atoms with Gasteiger partial charge in [-0.3, -0.25) is 13.9 Å². The molecule has 0 bridgehead atoms. The fourth-order valence-corrected chi connectivity index (χ4v) is 5.47. The molecule has 40 heavy (non-hydrogen) atoms. The molecule has 3 aromatic rings. The average Bonchev–Trinajstić information content (AvgIpc) is 2.91. The predicted octanol–water partition coefficient (Wildman–Crippen LogP) is 5.02. The first-order valence-corrected chi connectivity index (χ1v) is 14.3. The van der Waals surface area contributed by atoms with Crippen molar-refractivity contribution in [1.29, 1.82) is 0 Å². The van der Waals surface area contributed by atoms with E-state index >= 15 is 0 Å². The van der Waals surface area contributed by atoms with Gasteiger partial charge in [0.15, 0.2) is 0 Å². The minimum absolute atomic E-state index is 0.000188. The van der Waals surface area contributed by atoms with Gasteiger partial charge in [-0.25, -0.2) is 12.8 Å². The molecule has 1 N–H and O–H groups in total. The number of methoxy groups -OCH3 is 1. The Morgan fingerprint density at radius 3 is 2.20 bits per heavy atom. The van der Waals surface area contributed by atoms with Gasteiger partial charge in [0.1, 0.15) is 24.2 Å². The summed E-state index contributed by atoms with van der Waals surface area (Å²) in [6.07, 6.45) is 0. The van der Waals surface area contributed by atoms with E-state index in [1.165, 1.54) is 30.2 Å². The highest BCUT2D eigenvalue weighted by molar-refractivity contribution is 7.92. The van der Waals surface area contributed by atoms with Crippen LogP contribution in [0.4, 0.5) is 10.1 Å². The third-order valence-electron chi connectivity index (χ3n) is 5.98. The third kappa shape index (κ3) is 7.73. The molecule has 0 radical (unpaired) electrons. The SMILES string of the molecule is COc1ccc(CN(C(=O)CN(c2ccc(F)c(Cl)c2)S(=O)(=O)c2ccccc2)[C@H](C)C(=O)NC(C)(C)C)cc1. The molecule has 11 heteroatoms.